The average Bonchev–Trinajstić information content (AvgIpc) is 2.92. The number of aliphatic hydroxyl groups is 1. The molecule has 0 saturated heterocycles. The van der Waals surface area contributed by atoms with E-state index in [1.54, 1.807) is 6.08 Å². The maximum Gasteiger partial charge on any atom is 0.268 e. The largest absolute Gasteiger partial charge is 0.756 e. The van der Waals surface area contributed by atoms with Crippen molar-refractivity contribution in [2.24, 2.45) is 0 Å². The molecule has 8 nitrogen and oxygen atoms in total. The molecule has 0 heterocycles. The lowest BCUT2D eigenvalue weighted by molar-refractivity contribution is -0.870. The summed E-state index contributed by atoms with van der Waals surface area (Å²) >= 11 is 0. The van der Waals surface area contributed by atoms with Crippen molar-refractivity contribution >= 4 is 13.7 Å². The van der Waals surface area contributed by atoms with E-state index >= 15 is 0 Å². The van der Waals surface area contributed by atoms with Crippen molar-refractivity contribution in [3.8, 4) is 0 Å². The number of hydrogen-bond acceptors (Lipinski definition) is 6. The number of amides is 1. The number of phosphoric acid groups is 1. The molecule has 3 atom stereocenters. The Morgan fingerprint density at radius 3 is 1.95 bits per heavy atom. The average molecular weight is 617 g/mol. The van der Waals surface area contributed by atoms with Crippen molar-refractivity contribution in [1.82, 2.24) is 5.32 Å². The minimum Gasteiger partial charge on any atom is -0.756 e. The summed E-state index contributed by atoms with van der Waals surface area (Å²) in [5.41, 5.74) is 0. The van der Waals surface area contributed by atoms with Gasteiger partial charge in [0.1, 0.15) is 13.2 Å². The van der Waals surface area contributed by atoms with E-state index in [4.69, 9.17) is 9.05 Å². The Kier molecular flexibility index (Phi) is 25.7. The molecule has 0 aliphatic rings. The van der Waals surface area contributed by atoms with Gasteiger partial charge in [0.15, 0.2) is 0 Å². The summed E-state index contributed by atoms with van der Waals surface area (Å²) < 4.78 is 22.9. The summed E-state index contributed by atoms with van der Waals surface area (Å²) in [6, 6.07) is -0.881. The number of rotatable bonds is 29. The molecule has 1 unspecified atom stereocenters. The van der Waals surface area contributed by atoms with Crippen LogP contribution in [0.25, 0.3) is 0 Å². The van der Waals surface area contributed by atoms with Crippen LogP contribution in [0.3, 0.4) is 0 Å². The number of nitrogens with zero attached hydrogens (tertiary/aromatic N) is 1. The van der Waals surface area contributed by atoms with Gasteiger partial charge in [0, 0.05) is 6.42 Å². The molecule has 0 spiro atoms. The van der Waals surface area contributed by atoms with Crippen LogP contribution in [0.5, 0.6) is 0 Å². The number of nitrogens with one attached hydrogen (secondary N) is 1. The molecule has 0 aliphatic carbocycles. The van der Waals surface area contributed by atoms with Gasteiger partial charge in [0.05, 0.1) is 39.9 Å². The van der Waals surface area contributed by atoms with Crippen LogP contribution in [0.2, 0.25) is 0 Å². The van der Waals surface area contributed by atoms with Crippen LogP contribution in [0.4, 0.5) is 0 Å². The first-order valence-electron chi connectivity index (χ1n) is 16.7. The quantitative estimate of drug-likeness (QED) is 0.0398. The summed E-state index contributed by atoms with van der Waals surface area (Å²) in [7, 11) is 1.25. The summed E-state index contributed by atoms with van der Waals surface area (Å²) in [5.74, 6) is -0.211. The minimum absolute atomic E-state index is 0.00196. The highest BCUT2D eigenvalue weighted by Crippen LogP contribution is 2.38. The lowest BCUT2D eigenvalue weighted by Crippen LogP contribution is -2.45. The van der Waals surface area contributed by atoms with Crippen LogP contribution in [0, 0.1) is 0 Å². The fourth-order valence-electron chi connectivity index (χ4n) is 4.39. The SMILES string of the molecule is CCC/C=C/CCCCCCCC/C=C/[C@@H](O)[C@H](COP(=O)([O-])OCC[N+](C)(C)C)NC(=O)CCCCCCCCC. The molecule has 0 bridgehead atoms. The van der Waals surface area contributed by atoms with Gasteiger partial charge in [-0.3, -0.25) is 9.36 Å². The first kappa shape index (κ1) is 41.0. The van der Waals surface area contributed by atoms with Crippen LogP contribution in [0.1, 0.15) is 129 Å². The molecule has 9 heteroatoms. The van der Waals surface area contributed by atoms with Crippen molar-refractivity contribution in [1.29, 1.82) is 0 Å². The molecule has 2 N–H and O–H groups in total. The maximum atomic E-state index is 12.6. The van der Waals surface area contributed by atoms with Gasteiger partial charge in [-0.1, -0.05) is 109 Å². The number of quaternary nitrogens is 1. The van der Waals surface area contributed by atoms with Crippen LogP contribution >= 0.6 is 7.82 Å². The number of aliphatic hydroxyl groups excluding tert-OH is 1. The molecule has 0 saturated carbocycles. The molecule has 1 amide bonds. The third kappa shape index (κ3) is 27.8. The fourth-order valence-corrected chi connectivity index (χ4v) is 5.11. The first-order valence-corrected chi connectivity index (χ1v) is 18.2. The van der Waals surface area contributed by atoms with Gasteiger partial charge in [-0.25, -0.2) is 0 Å². The van der Waals surface area contributed by atoms with Crippen molar-refractivity contribution in [2.45, 2.75) is 142 Å². The molecular formula is C33H65N2O6P. The van der Waals surface area contributed by atoms with E-state index < -0.39 is 20.0 Å². The molecule has 248 valence electrons. The zero-order valence-corrected chi connectivity index (χ0v) is 28.6. The third-order valence-corrected chi connectivity index (χ3v) is 8.10. The molecular weight excluding hydrogens is 551 g/mol. The number of phosphoric ester groups is 1. The van der Waals surface area contributed by atoms with Crippen molar-refractivity contribution in [2.75, 3.05) is 40.9 Å². The Morgan fingerprint density at radius 2 is 1.36 bits per heavy atom. The Labute approximate surface area is 258 Å². The standard InChI is InChI=1S/C33H65N2O6P/c1-6-8-10-12-14-15-16-17-18-19-21-22-24-26-32(36)31(30-41-42(38,39)40-29-28-35(3,4)5)34-33(37)27-25-23-20-13-11-9-7-2/h10,12,24,26,31-32,36H,6-9,11,13-23,25,27-30H2,1-5H3,(H-,34,37,38,39)/b12-10+,26-24+/t31-,32+/m0/s1. The normalized spacial score (nSPS) is 15.3. The van der Waals surface area contributed by atoms with E-state index in [1.165, 1.54) is 70.6 Å². The first-order chi connectivity index (χ1) is 20.0. The number of likely N-dealkylation sites (N-methyl/N-ethyl adjacent to an activating group) is 1. The number of carbonyl (C=O) groups excluding carboxylic acids is 1. The van der Waals surface area contributed by atoms with E-state index in [9.17, 15) is 19.4 Å². The number of unbranched alkanes of at least 4 members (excludes halogenated alkanes) is 14. The van der Waals surface area contributed by atoms with E-state index in [0.29, 0.717) is 17.4 Å². The second kappa shape index (κ2) is 26.4. The monoisotopic (exact) mass is 616 g/mol. The summed E-state index contributed by atoms with van der Waals surface area (Å²) in [6.07, 6.45) is 26.6. The smallest absolute Gasteiger partial charge is 0.268 e. The van der Waals surface area contributed by atoms with E-state index in [0.717, 1.165) is 38.5 Å². The van der Waals surface area contributed by atoms with E-state index in [2.05, 4.69) is 31.3 Å². The molecule has 0 radical (unpaired) electrons. The second-order valence-electron chi connectivity index (χ2n) is 12.5. The Morgan fingerprint density at radius 1 is 0.810 bits per heavy atom. The van der Waals surface area contributed by atoms with Gasteiger partial charge >= 0.3 is 0 Å². The predicted molar refractivity (Wildman–Crippen MR) is 173 cm³/mol. The molecule has 0 aromatic rings. The summed E-state index contributed by atoms with van der Waals surface area (Å²) in [4.78, 5) is 24.9. The molecule has 0 rings (SSSR count). The Hall–Kier alpha value is -1.02. The third-order valence-electron chi connectivity index (χ3n) is 7.14. The Balaban J connectivity index is 4.62. The van der Waals surface area contributed by atoms with Crippen molar-refractivity contribution < 1.29 is 32.9 Å². The molecule has 0 aromatic heterocycles. The lowest BCUT2D eigenvalue weighted by atomic mass is 10.1. The highest BCUT2D eigenvalue weighted by atomic mass is 31.2. The maximum absolute atomic E-state index is 12.6. The topological polar surface area (TPSA) is 108 Å². The zero-order valence-electron chi connectivity index (χ0n) is 27.7. The van der Waals surface area contributed by atoms with Gasteiger partial charge in [0.25, 0.3) is 7.82 Å². The van der Waals surface area contributed by atoms with Gasteiger partial charge in [-0.05, 0) is 38.5 Å². The number of carbonyl (C=O) groups is 1. The molecule has 0 fully saturated rings. The van der Waals surface area contributed by atoms with E-state index in [1.807, 2.05) is 27.2 Å². The van der Waals surface area contributed by atoms with Crippen LogP contribution in [0.15, 0.2) is 24.3 Å². The van der Waals surface area contributed by atoms with Crippen LogP contribution < -0.4 is 10.2 Å². The minimum atomic E-state index is -4.57. The number of hydrogen-bond donors (Lipinski definition) is 2. The van der Waals surface area contributed by atoms with Gasteiger partial charge in [-0.15, -0.1) is 0 Å². The number of allylic oxidation sites excluding steroid dienone is 3. The second-order valence-corrected chi connectivity index (χ2v) is 13.9. The summed E-state index contributed by atoms with van der Waals surface area (Å²) in [6.45, 7) is 4.50. The van der Waals surface area contributed by atoms with E-state index in [-0.39, 0.29) is 19.1 Å². The van der Waals surface area contributed by atoms with Crippen molar-refractivity contribution in [3.05, 3.63) is 24.3 Å². The molecule has 0 aromatic carbocycles. The molecule has 0 aliphatic heterocycles. The van der Waals surface area contributed by atoms with Gasteiger partial charge in [-0.2, -0.15) is 0 Å². The summed E-state index contributed by atoms with van der Waals surface area (Å²) in [5, 5.41) is 13.6. The van der Waals surface area contributed by atoms with Crippen molar-refractivity contribution in [3.63, 3.8) is 0 Å². The fraction of sp³-hybridized carbons (Fsp3) is 0.848. The van der Waals surface area contributed by atoms with Crippen LogP contribution in [-0.4, -0.2) is 68.5 Å². The van der Waals surface area contributed by atoms with Gasteiger partial charge in [0.2, 0.25) is 5.91 Å². The lowest BCUT2D eigenvalue weighted by Gasteiger charge is -2.29. The van der Waals surface area contributed by atoms with Gasteiger partial charge < -0.3 is 28.8 Å². The highest BCUT2D eigenvalue weighted by molar-refractivity contribution is 7.45. The van der Waals surface area contributed by atoms with Crippen LogP contribution in [-0.2, 0) is 18.4 Å². The molecule has 42 heavy (non-hydrogen) atoms. The Bertz CT molecular complexity index is 753. The highest BCUT2D eigenvalue weighted by Gasteiger charge is 2.23. The predicted octanol–water partition coefficient (Wildman–Crippen LogP) is 7.21. The zero-order chi connectivity index (χ0) is 31.5.